The number of ether oxygens (including phenoxy) is 1. The number of hydrogen-bond acceptors (Lipinski definition) is 1. The van der Waals surface area contributed by atoms with Crippen molar-refractivity contribution in [2.45, 2.75) is 20.3 Å². The monoisotopic (exact) mass is 220 g/mol. The number of hydrogen-bond donors (Lipinski definition) is 0. The fourth-order valence-corrected chi connectivity index (χ4v) is 2.55. The average molecular weight is 220 g/mol. The minimum absolute atomic E-state index is 0.224. The van der Waals surface area contributed by atoms with E-state index in [1.54, 1.807) is 0 Å². The summed E-state index contributed by atoms with van der Waals surface area (Å²) < 4.78 is 5.51. The molecule has 0 aliphatic rings. The summed E-state index contributed by atoms with van der Waals surface area (Å²) in [6, 6.07) is 8.74. The molecular formula is C13H20OSi. The van der Waals surface area contributed by atoms with Gasteiger partial charge in [-0.3, -0.25) is 0 Å². The summed E-state index contributed by atoms with van der Waals surface area (Å²) in [5.41, 5.74) is 2.37. The first-order valence-corrected chi connectivity index (χ1v) is 7.27. The van der Waals surface area contributed by atoms with Crippen LogP contribution in [0, 0.1) is 0 Å². The van der Waals surface area contributed by atoms with Crippen molar-refractivity contribution in [3.05, 3.63) is 36.4 Å². The minimum Gasteiger partial charge on any atom is -0.385 e. The zero-order chi connectivity index (χ0) is 11.1. The Hall–Kier alpha value is -0.863. The first kappa shape index (κ1) is 12.2. The van der Waals surface area contributed by atoms with Crippen LogP contribution >= 0.6 is 0 Å². The second kappa shape index (κ2) is 6.59. The zero-order valence-corrected chi connectivity index (χ0v) is 11.2. The Balaban J connectivity index is 2.39. The smallest absolute Gasteiger partial charge is 0.0848 e. The molecule has 0 bridgehead atoms. The van der Waals surface area contributed by atoms with E-state index in [2.05, 4.69) is 37.8 Å². The summed E-state index contributed by atoms with van der Waals surface area (Å²) in [7, 11) is -0.224. The second-order valence-electron chi connectivity index (χ2n) is 3.84. The number of allylic oxidation sites excluding steroid dienone is 1. The van der Waals surface area contributed by atoms with Crippen LogP contribution in [0.25, 0.3) is 5.57 Å². The van der Waals surface area contributed by atoms with Gasteiger partial charge >= 0.3 is 0 Å². The van der Waals surface area contributed by atoms with Gasteiger partial charge in [0.2, 0.25) is 0 Å². The molecule has 0 spiro atoms. The summed E-state index contributed by atoms with van der Waals surface area (Å²) in [5, 5.41) is 1.47. The van der Waals surface area contributed by atoms with E-state index in [-0.39, 0.29) is 9.52 Å². The van der Waals surface area contributed by atoms with E-state index < -0.39 is 0 Å². The zero-order valence-electron chi connectivity index (χ0n) is 9.75. The molecule has 15 heavy (non-hydrogen) atoms. The Bertz CT molecular complexity index is 303. The molecule has 0 amide bonds. The standard InChI is InChI=1S/C13H20OSi/c1-4-9-14-10-15-13-7-5-12(6-8-13)11(2)3/h5-8H,2,4,9-10,15H2,1,3H3. The van der Waals surface area contributed by atoms with E-state index in [9.17, 15) is 0 Å². The van der Waals surface area contributed by atoms with Gasteiger partial charge < -0.3 is 4.74 Å². The van der Waals surface area contributed by atoms with Crippen LogP contribution in [0.1, 0.15) is 25.8 Å². The second-order valence-corrected chi connectivity index (χ2v) is 5.56. The molecule has 1 nitrogen and oxygen atoms in total. The summed E-state index contributed by atoms with van der Waals surface area (Å²) >= 11 is 0. The van der Waals surface area contributed by atoms with Gasteiger partial charge in [-0.15, -0.1) is 0 Å². The van der Waals surface area contributed by atoms with Crippen molar-refractivity contribution in [2.75, 3.05) is 12.8 Å². The fraction of sp³-hybridized carbons (Fsp3) is 0.385. The maximum atomic E-state index is 5.51. The van der Waals surface area contributed by atoms with Crippen molar-refractivity contribution < 1.29 is 4.74 Å². The highest BCUT2D eigenvalue weighted by atomic mass is 28.2. The first-order valence-electron chi connectivity index (χ1n) is 5.56. The quantitative estimate of drug-likeness (QED) is 0.525. The molecule has 2 heteroatoms. The lowest BCUT2D eigenvalue weighted by Gasteiger charge is -2.04. The van der Waals surface area contributed by atoms with Crippen molar-refractivity contribution >= 4 is 20.3 Å². The Morgan fingerprint density at radius 3 is 2.53 bits per heavy atom. The van der Waals surface area contributed by atoms with Crippen molar-refractivity contribution in [3.8, 4) is 0 Å². The van der Waals surface area contributed by atoms with Crippen LogP contribution in [0.15, 0.2) is 30.8 Å². The molecule has 0 unspecified atom stereocenters. The number of benzene rings is 1. The minimum atomic E-state index is -0.224. The molecule has 1 aromatic carbocycles. The highest BCUT2D eigenvalue weighted by Gasteiger charge is 1.96. The Kier molecular flexibility index (Phi) is 5.36. The summed E-state index contributed by atoms with van der Waals surface area (Å²) in [6.07, 6.45) is 2.07. The topological polar surface area (TPSA) is 9.23 Å². The maximum Gasteiger partial charge on any atom is 0.0848 e. The molecule has 0 radical (unpaired) electrons. The van der Waals surface area contributed by atoms with Crippen molar-refractivity contribution in [1.29, 1.82) is 0 Å². The lowest BCUT2D eigenvalue weighted by atomic mass is 10.1. The molecule has 82 valence electrons. The van der Waals surface area contributed by atoms with E-state index in [0.717, 1.165) is 24.8 Å². The van der Waals surface area contributed by atoms with Gasteiger partial charge in [-0.2, -0.15) is 0 Å². The van der Waals surface area contributed by atoms with Crippen LogP contribution in [0.4, 0.5) is 0 Å². The Morgan fingerprint density at radius 2 is 2.00 bits per heavy atom. The van der Waals surface area contributed by atoms with Gasteiger partial charge in [-0.1, -0.05) is 48.5 Å². The van der Waals surface area contributed by atoms with Gasteiger partial charge in [-0.25, -0.2) is 0 Å². The average Bonchev–Trinajstić information content (AvgIpc) is 2.25. The van der Waals surface area contributed by atoms with Gasteiger partial charge in [0.25, 0.3) is 0 Å². The third kappa shape index (κ3) is 4.45. The normalized spacial score (nSPS) is 11.1. The van der Waals surface area contributed by atoms with E-state index in [0.29, 0.717) is 0 Å². The van der Waals surface area contributed by atoms with Crippen LogP contribution in [0.5, 0.6) is 0 Å². The molecule has 0 heterocycles. The molecule has 0 aromatic heterocycles. The van der Waals surface area contributed by atoms with Gasteiger partial charge in [0, 0.05) is 12.8 Å². The highest BCUT2D eigenvalue weighted by molar-refractivity contribution is 6.53. The third-order valence-electron chi connectivity index (χ3n) is 2.33. The molecular weight excluding hydrogens is 200 g/mol. The van der Waals surface area contributed by atoms with Gasteiger partial charge in [0.05, 0.1) is 9.52 Å². The lowest BCUT2D eigenvalue weighted by Crippen LogP contribution is -2.19. The van der Waals surface area contributed by atoms with Crippen LogP contribution < -0.4 is 5.19 Å². The van der Waals surface area contributed by atoms with Crippen molar-refractivity contribution in [3.63, 3.8) is 0 Å². The Labute approximate surface area is 95.0 Å². The van der Waals surface area contributed by atoms with Crippen LogP contribution in [-0.4, -0.2) is 22.4 Å². The van der Waals surface area contributed by atoms with E-state index in [1.807, 2.05) is 6.92 Å². The maximum absolute atomic E-state index is 5.51. The molecule has 0 aliphatic heterocycles. The predicted octanol–water partition coefficient (Wildman–Crippen LogP) is 1.90. The lowest BCUT2D eigenvalue weighted by molar-refractivity contribution is 0.178. The summed E-state index contributed by atoms with van der Waals surface area (Å²) in [6.45, 7) is 9.01. The van der Waals surface area contributed by atoms with Gasteiger partial charge in [-0.05, 0) is 18.9 Å². The highest BCUT2D eigenvalue weighted by Crippen LogP contribution is 2.08. The molecule has 0 N–H and O–H groups in total. The van der Waals surface area contributed by atoms with Crippen molar-refractivity contribution in [2.24, 2.45) is 0 Å². The van der Waals surface area contributed by atoms with E-state index in [4.69, 9.17) is 4.74 Å². The van der Waals surface area contributed by atoms with E-state index in [1.165, 1.54) is 10.8 Å². The SMILES string of the molecule is C=C(C)c1ccc([SiH2]COCCC)cc1. The largest absolute Gasteiger partial charge is 0.385 e. The third-order valence-corrected chi connectivity index (χ3v) is 3.87. The molecule has 0 saturated heterocycles. The first-order chi connectivity index (χ1) is 7.24. The van der Waals surface area contributed by atoms with Crippen LogP contribution in [-0.2, 0) is 4.74 Å². The molecule has 0 atom stereocenters. The van der Waals surface area contributed by atoms with Crippen LogP contribution in [0.3, 0.4) is 0 Å². The summed E-state index contributed by atoms with van der Waals surface area (Å²) in [5.74, 6) is 0. The summed E-state index contributed by atoms with van der Waals surface area (Å²) in [4.78, 5) is 0. The molecule has 0 aliphatic carbocycles. The Morgan fingerprint density at radius 1 is 1.33 bits per heavy atom. The van der Waals surface area contributed by atoms with Crippen LogP contribution in [0.2, 0.25) is 0 Å². The number of rotatable bonds is 6. The van der Waals surface area contributed by atoms with E-state index >= 15 is 0 Å². The predicted molar refractivity (Wildman–Crippen MR) is 70.4 cm³/mol. The fourth-order valence-electron chi connectivity index (χ4n) is 1.39. The molecule has 1 rings (SSSR count). The van der Waals surface area contributed by atoms with Crippen molar-refractivity contribution in [1.82, 2.24) is 0 Å². The molecule has 0 saturated carbocycles. The van der Waals surface area contributed by atoms with Gasteiger partial charge in [0.15, 0.2) is 0 Å². The molecule has 1 aromatic rings. The molecule has 0 fully saturated rings. The van der Waals surface area contributed by atoms with Gasteiger partial charge in [0.1, 0.15) is 0 Å².